The number of hydrogen-bond donors (Lipinski definition) is 3. The SMILES string of the molecule is CCc1cc(NCc2ccc(NC(c3ccccc3)c3nnn[nH]3)cc2)n2nccc2n1. The number of nitrogens with zero attached hydrogens (tertiary/aromatic N) is 6. The van der Waals surface area contributed by atoms with E-state index in [9.17, 15) is 0 Å². The number of anilines is 2. The van der Waals surface area contributed by atoms with Gasteiger partial charge in [-0.3, -0.25) is 0 Å². The van der Waals surface area contributed by atoms with Crippen LogP contribution in [-0.4, -0.2) is 35.2 Å². The van der Waals surface area contributed by atoms with E-state index in [1.165, 1.54) is 0 Å². The molecule has 5 rings (SSSR count). The number of tetrazole rings is 1. The van der Waals surface area contributed by atoms with Crippen molar-refractivity contribution in [3.63, 3.8) is 0 Å². The molecule has 0 aliphatic carbocycles. The topological polar surface area (TPSA) is 109 Å². The molecule has 3 aromatic heterocycles. The smallest absolute Gasteiger partial charge is 0.175 e. The van der Waals surface area contributed by atoms with E-state index in [-0.39, 0.29) is 6.04 Å². The van der Waals surface area contributed by atoms with E-state index in [2.05, 4.69) is 72.5 Å². The first kappa shape index (κ1) is 19.7. The third kappa shape index (κ3) is 4.13. The van der Waals surface area contributed by atoms with Crippen molar-refractivity contribution in [3.8, 4) is 0 Å². The molecule has 5 aromatic rings. The van der Waals surface area contributed by atoms with Crippen LogP contribution in [0.5, 0.6) is 0 Å². The van der Waals surface area contributed by atoms with E-state index in [1.54, 1.807) is 6.20 Å². The molecule has 3 heterocycles. The molecule has 0 saturated heterocycles. The van der Waals surface area contributed by atoms with Crippen LogP contribution in [0, 0.1) is 0 Å². The summed E-state index contributed by atoms with van der Waals surface area (Å²) in [6.45, 7) is 2.78. The van der Waals surface area contributed by atoms with Crippen molar-refractivity contribution in [2.75, 3.05) is 10.6 Å². The fourth-order valence-electron chi connectivity index (χ4n) is 3.59. The number of fused-ring (bicyclic) bond motifs is 1. The number of hydrogen-bond acceptors (Lipinski definition) is 7. The Kier molecular flexibility index (Phi) is 5.44. The maximum absolute atomic E-state index is 4.59. The zero-order valence-electron chi connectivity index (χ0n) is 17.6. The summed E-state index contributed by atoms with van der Waals surface area (Å²) in [6, 6.07) is 22.2. The van der Waals surface area contributed by atoms with Crippen LogP contribution >= 0.6 is 0 Å². The minimum absolute atomic E-state index is 0.174. The highest BCUT2D eigenvalue weighted by molar-refractivity contribution is 5.51. The molecule has 9 nitrogen and oxygen atoms in total. The molecule has 2 aromatic carbocycles. The standard InChI is InChI=1S/C23H23N9/c1-2-18-14-21(32-20(26-18)12-13-25-32)24-15-16-8-10-19(11-9-16)27-22(23-28-30-31-29-23)17-6-4-3-5-7-17/h3-14,22,24,27H,2,15H2,1H3,(H,28,29,30,31). The fraction of sp³-hybridized carbons (Fsp3) is 0.174. The Hall–Kier alpha value is -4.27. The van der Waals surface area contributed by atoms with Gasteiger partial charge in [0.2, 0.25) is 0 Å². The third-order valence-corrected chi connectivity index (χ3v) is 5.28. The largest absolute Gasteiger partial charge is 0.371 e. The normalized spacial score (nSPS) is 12.0. The number of benzene rings is 2. The Morgan fingerprint density at radius 3 is 2.62 bits per heavy atom. The van der Waals surface area contributed by atoms with E-state index >= 15 is 0 Å². The highest BCUT2D eigenvalue weighted by atomic mass is 15.5. The number of aromatic amines is 1. The first-order valence-corrected chi connectivity index (χ1v) is 10.5. The van der Waals surface area contributed by atoms with Crippen LogP contribution in [0.4, 0.5) is 11.5 Å². The Labute approximate surface area is 184 Å². The molecule has 0 amide bonds. The van der Waals surface area contributed by atoms with Crippen LogP contribution in [0.25, 0.3) is 5.65 Å². The molecule has 1 atom stereocenters. The number of aryl methyl sites for hydroxylation is 1. The molecule has 0 radical (unpaired) electrons. The first-order valence-electron chi connectivity index (χ1n) is 10.5. The molecule has 0 saturated carbocycles. The van der Waals surface area contributed by atoms with Crippen molar-refractivity contribution in [1.82, 2.24) is 35.2 Å². The second-order valence-corrected chi connectivity index (χ2v) is 7.41. The van der Waals surface area contributed by atoms with Crippen molar-refractivity contribution in [3.05, 3.63) is 95.6 Å². The van der Waals surface area contributed by atoms with Gasteiger partial charge in [0.05, 0.1) is 6.20 Å². The summed E-state index contributed by atoms with van der Waals surface area (Å²) >= 11 is 0. The van der Waals surface area contributed by atoms with Crippen LogP contribution < -0.4 is 10.6 Å². The van der Waals surface area contributed by atoms with Gasteiger partial charge < -0.3 is 10.6 Å². The monoisotopic (exact) mass is 425 g/mol. The number of aromatic nitrogens is 7. The van der Waals surface area contributed by atoms with E-state index in [1.807, 2.05) is 47.0 Å². The highest BCUT2D eigenvalue weighted by Gasteiger charge is 2.17. The minimum atomic E-state index is -0.174. The molecule has 32 heavy (non-hydrogen) atoms. The average Bonchev–Trinajstić information content (AvgIpc) is 3.54. The van der Waals surface area contributed by atoms with Gasteiger partial charge in [-0.05, 0) is 40.1 Å². The second-order valence-electron chi connectivity index (χ2n) is 7.41. The molecule has 0 fully saturated rings. The molecular weight excluding hydrogens is 402 g/mol. The molecule has 0 aliphatic rings. The number of nitrogens with one attached hydrogen (secondary N) is 3. The number of H-pyrrole nitrogens is 1. The van der Waals surface area contributed by atoms with E-state index in [0.717, 1.165) is 40.4 Å². The zero-order chi connectivity index (χ0) is 21.8. The molecule has 1 unspecified atom stereocenters. The fourth-order valence-corrected chi connectivity index (χ4v) is 3.59. The maximum Gasteiger partial charge on any atom is 0.175 e. The van der Waals surface area contributed by atoms with Gasteiger partial charge in [-0.25, -0.2) is 10.1 Å². The quantitative estimate of drug-likeness (QED) is 0.348. The van der Waals surface area contributed by atoms with E-state index in [0.29, 0.717) is 12.4 Å². The Morgan fingerprint density at radius 1 is 1.03 bits per heavy atom. The molecule has 0 bridgehead atoms. The molecule has 3 N–H and O–H groups in total. The predicted octanol–water partition coefficient (Wildman–Crippen LogP) is 3.62. The van der Waals surface area contributed by atoms with Crippen LogP contribution in [0.1, 0.15) is 35.6 Å². The van der Waals surface area contributed by atoms with Crippen LogP contribution in [0.15, 0.2) is 72.9 Å². The highest BCUT2D eigenvalue weighted by Crippen LogP contribution is 2.24. The molecule has 160 valence electrons. The van der Waals surface area contributed by atoms with E-state index in [4.69, 9.17) is 0 Å². The van der Waals surface area contributed by atoms with Crippen LogP contribution in [0.2, 0.25) is 0 Å². The number of rotatable bonds is 8. The van der Waals surface area contributed by atoms with Gasteiger partial charge in [-0.2, -0.15) is 9.61 Å². The summed E-state index contributed by atoms with van der Waals surface area (Å²) < 4.78 is 1.82. The van der Waals surface area contributed by atoms with Crippen LogP contribution in [0.3, 0.4) is 0 Å². The molecule has 0 spiro atoms. The Morgan fingerprint density at radius 2 is 1.88 bits per heavy atom. The summed E-state index contributed by atoms with van der Waals surface area (Å²) in [4.78, 5) is 4.59. The van der Waals surface area contributed by atoms with E-state index < -0.39 is 0 Å². The average molecular weight is 426 g/mol. The molecular formula is C23H23N9. The lowest BCUT2D eigenvalue weighted by atomic mass is 10.1. The lowest BCUT2D eigenvalue weighted by molar-refractivity contribution is 0.835. The summed E-state index contributed by atoms with van der Waals surface area (Å²) in [5.41, 5.74) is 5.09. The van der Waals surface area contributed by atoms with Crippen molar-refractivity contribution >= 4 is 17.2 Å². The maximum atomic E-state index is 4.59. The third-order valence-electron chi connectivity index (χ3n) is 5.28. The first-order chi connectivity index (χ1) is 15.8. The van der Waals surface area contributed by atoms with Crippen molar-refractivity contribution < 1.29 is 0 Å². The summed E-state index contributed by atoms with van der Waals surface area (Å²) in [7, 11) is 0. The summed E-state index contributed by atoms with van der Waals surface area (Å²) in [5.74, 6) is 1.59. The van der Waals surface area contributed by atoms with Crippen LogP contribution in [-0.2, 0) is 13.0 Å². The predicted molar refractivity (Wildman–Crippen MR) is 122 cm³/mol. The van der Waals surface area contributed by atoms with Gasteiger partial charge in [0.15, 0.2) is 11.5 Å². The van der Waals surface area contributed by atoms with Crippen molar-refractivity contribution in [2.24, 2.45) is 0 Å². The van der Waals surface area contributed by atoms with Crippen molar-refractivity contribution in [2.45, 2.75) is 25.9 Å². The summed E-state index contributed by atoms with van der Waals surface area (Å²) in [6.07, 6.45) is 2.64. The molecule has 0 aliphatic heterocycles. The lowest BCUT2D eigenvalue weighted by Gasteiger charge is -2.18. The van der Waals surface area contributed by atoms with Gasteiger partial charge in [0.25, 0.3) is 0 Å². The summed E-state index contributed by atoms with van der Waals surface area (Å²) in [5, 5.41) is 25.8. The zero-order valence-corrected chi connectivity index (χ0v) is 17.6. The van der Waals surface area contributed by atoms with Gasteiger partial charge in [-0.15, -0.1) is 5.10 Å². The van der Waals surface area contributed by atoms with Gasteiger partial charge in [0.1, 0.15) is 11.9 Å². The second kappa shape index (κ2) is 8.84. The van der Waals surface area contributed by atoms with Crippen molar-refractivity contribution in [1.29, 1.82) is 0 Å². The Balaban J connectivity index is 1.31. The minimum Gasteiger partial charge on any atom is -0.371 e. The molecule has 9 heteroatoms. The van der Waals surface area contributed by atoms with Gasteiger partial charge in [0, 0.05) is 30.1 Å². The van der Waals surface area contributed by atoms with Gasteiger partial charge >= 0.3 is 0 Å². The lowest BCUT2D eigenvalue weighted by Crippen LogP contribution is -2.14. The Bertz CT molecular complexity index is 1280. The van der Waals surface area contributed by atoms with Gasteiger partial charge in [-0.1, -0.05) is 49.4 Å².